The molecule has 90 valence electrons. The quantitative estimate of drug-likeness (QED) is 0.728. The Balaban J connectivity index is 2.02. The molecule has 0 aromatic rings. The largest absolute Gasteiger partial charge is 0.315 e. The third-order valence-electron chi connectivity index (χ3n) is 3.36. The minimum atomic E-state index is 0.696. The van der Waals surface area contributed by atoms with Crippen molar-refractivity contribution < 1.29 is 0 Å². The van der Waals surface area contributed by atoms with Crippen LogP contribution in [0.25, 0.3) is 0 Å². The number of likely N-dealkylation sites (tertiary alicyclic amines) is 1. The third-order valence-corrected chi connectivity index (χ3v) is 3.36. The van der Waals surface area contributed by atoms with Crippen molar-refractivity contribution in [2.24, 2.45) is 0 Å². The monoisotopic (exact) mass is 212 g/mol. The molecule has 1 N–H and O–H groups in total. The molecule has 1 rings (SSSR count). The lowest BCUT2D eigenvalue weighted by molar-refractivity contribution is 0.274. The van der Waals surface area contributed by atoms with Crippen LogP contribution in [0.4, 0.5) is 0 Å². The average Bonchev–Trinajstić information content (AvgIpc) is 2.47. The zero-order chi connectivity index (χ0) is 10.9. The molecule has 0 aromatic carbocycles. The number of hydrogen-bond acceptors (Lipinski definition) is 2. The summed E-state index contributed by atoms with van der Waals surface area (Å²) in [5.41, 5.74) is 0. The van der Waals surface area contributed by atoms with Gasteiger partial charge < -0.3 is 10.2 Å². The van der Waals surface area contributed by atoms with E-state index >= 15 is 0 Å². The molecule has 0 aliphatic carbocycles. The molecule has 2 heteroatoms. The van der Waals surface area contributed by atoms with Crippen molar-refractivity contribution in [3.8, 4) is 0 Å². The van der Waals surface area contributed by atoms with Gasteiger partial charge in [-0.3, -0.25) is 0 Å². The molecule has 1 heterocycles. The predicted octanol–water partition coefficient (Wildman–Crippen LogP) is 2.64. The van der Waals surface area contributed by atoms with Crippen LogP contribution in [-0.4, -0.2) is 37.1 Å². The van der Waals surface area contributed by atoms with E-state index in [-0.39, 0.29) is 0 Å². The minimum absolute atomic E-state index is 0.696. The van der Waals surface area contributed by atoms with Gasteiger partial charge in [0.2, 0.25) is 0 Å². The lowest BCUT2D eigenvalue weighted by Gasteiger charge is -2.20. The molecule has 0 aromatic heterocycles. The number of rotatable bonds is 6. The average molecular weight is 212 g/mol. The summed E-state index contributed by atoms with van der Waals surface area (Å²) in [6.45, 7) is 9.59. The topological polar surface area (TPSA) is 15.3 Å². The number of hydrogen-bond donors (Lipinski definition) is 1. The Hall–Kier alpha value is -0.0800. The summed E-state index contributed by atoms with van der Waals surface area (Å²) in [6, 6.07) is 0.696. The molecular formula is C13H28N2. The van der Waals surface area contributed by atoms with Crippen molar-refractivity contribution in [3.63, 3.8) is 0 Å². The van der Waals surface area contributed by atoms with E-state index < -0.39 is 0 Å². The Morgan fingerprint density at radius 2 is 1.80 bits per heavy atom. The highest BCUT2D eigenvalue weighted by atomic mass is 15.1. The molecule has 1 fully saturated rings. The van der Waals surface area contributed by atoms with Gasteiger partial charge in [-0.25, -0.2) is 0 Å². The highest BCUT2D eigenvalue weighted by Gasteiger charge is 2.08. The Morgan fingerprint density at radius 1 is 1.13 bits per heavy atom. The van der Waals surface area contributed by atoms with Crippen LogP contribution in [0.5, 0.6) is 0 Å². The van der Waals surface area contributed by atoms with Crippen LogP contribution in [-0.2, 0) is 0 Å². The summed E-state index contributed by atoms with van der Waals surface area (Å²) in [4.78, 5) is 2.66. The molecule has 1 unspecified atom stereocenters. The van der Waals surface area contributed by atoms with Gasteiger partial charge in [0.05, 0.1) is 0 Å². The van der Waals surface area contributed by atoms with E-state index in [0.29, 0.717) is 6.04 Å². The number of nitrogens with zero attached hydrogens (tertiary/aromatic N) is 1. The third kappa shape index (κ3) is 6.16. The van der Waals surface area contributed by atoms with Gasteiger partial charge in [0.25, 0.3) is 0 Å². The fourth-order valence-electron chi connectivity index (χ4n) is 2.43. The van der Waals surface area contributed by atoms with Gasteiger partial charge in [-0.15, -0.1) is 0 Å². The predicted molar refractivity (Wildman–Crippen MR) is 67.3 cm³/mol. The molecule has 0 spiro atoms. The van der Waals surface area contributed by atoms with Crippen LogP contribution < -0.4 is 5.32 Å². The minimum Gasteiger partial charge on any atom is -0.315 e. The Kier molecular flexibility index (Phi) is 7.03. The van der Waals surface area contributed by atoms with E-state index in [4.69, 9.17) is 0 Å². The van der Waals surface area contributed by atoms with Crippen LogP contribution in [0.1, 0.15) is 52.4 Å². The van der Waals surface area contributed by atoms with E-state index in [1.807, 2.05) is 0 Å². The second-order valence-electron chi connectivity index (χ2n) is 4.86. The molecule has 0 bridgehead atoms. The molecule has 0 saturated carbocycles. The highest BCUT2D eigenvalue weighted by Crippen LogP contribution is 2.10. The van der Waals surface area contributed by atoms with Gasteiger partial charge in [0.1, 0.15) is 0 Å². The first-order valence-electron chi connectivity index (χ1n) is 6.78. The lowest BCUT2D eigenvalue weighted by atomic mass is 10.1. The lowest BCUT2D eigenvalue weighted by Crippen LogP contribution is -2.29. The summed E-state index contributed by atoms with van der Waals surface area (Å²) in [6.07, 6.45) is 8.42. The first-order valence-corrected chi connectivity index (χ1v) is 6.78. The maximum Gasteiger partial charge on any atom is 0.00390 e. The standard InChI is InChI=1S/C13H28N2/c1-3-14-13(2)9-8-12-15-10-6-4-5-7-11-15/h13-14H,3-12H2,1-2H3. The van der Waals surface area contributed by atoms with Crippen LogP contribution in [0, 0.1) is 0 Å². The SMILES string of the molecule is CCNC(C)CCCN1CCCCCC1. The molecule has 1 aliphatic rings. The van der Waals surface area contributed by atoms with Gasteiger partial charge in [0.15, 0.2) is 0 Å². The Bertz CT molecular complexity index is 139. The fraction of sp³-hybridized carbons (Fsp3) is 1.00. The number of nitrogens with one attached hydrogen (secondary N) is 1. The van der Waals surface area contributed by atoms with Crippen molar-refractivity contribution in [3.05, 3.63) is 0 Å². The van der Waals surface area contributed by atoms with E-state index in [1.54, 1.807) is 0 Å². The summed E-state index contributed by atoms with van der Waals surface area (Å²) in [5, 5.41) is 3.48. The smallest absolute Gasteiger partial charge is 0.00390 e. The summed E-state index contributed by atoms with van der Waals surface area (Å²) in [5.74, 6) is 0. The van der Waals surface area contributed by atoms with E-state index in [0.717, 1.165) is 6.54 Å². The van der Waals surface area contributed by atoms with E-state index in [9.17, 15) is 0 Å². The Morgan fingerprint density at radius 3 is 2.40 bits per heavy atom. The zero-order valence-corrected chi connectivity index (χ0v) is 10.6. The normalized spacial score (nSPS) is 21.2. The van der Waals surface area contributed by atoms with Crippen LogP contribution in [0.3, 0.4) is 0 Å². The summed E-state index contributed by atoms with van der Waals surface area (Å²) in [7, 11) is 0. The van der Waals surface area contributed by atoms with Gasteiger partial charge >= 0.3 is 0 Å². The van der Waals surface area contributed by atoms with E-state index in [1.165, 1.54) is 58.2 Å². The highest BCUT2D eigenvalue weighted by molar-refractivity contribution is 4.65. The van der Waals surface area contributed by atoms with Crippen LogP contribution >= 0.6 is 0 Å². The van der Waals surface area contributed by atoms with Gasteiger partial charge in [0, 0.05) is 6.04 Å². The maximum atomic E-state index is 3.48. The first kappa shape index (κ1) is 13.0. The molecule has 0 amide bonds. The molecular weight excluding hydrogens is 184 g/mol. The molecule has 1 saturated heterocycles. The summed E-state index contributed by atoms with van der Waals surface area (Å²) >= 11 is 0. The Labute approximate surface area is 95.4 Å². The summed E-state index contributed by atoms with van der Waals surface area (Å²) < 4.78 is 0. The van der Waals surface area contributed by atoms with Gasteiger partial charge in [-0.05, 0) is 58.8 Å². The fourth-order valence-corrected chi connectivity index (χ4v) is 2.43. The van der Waals surface area contributed by atoms with Crippen LogP contribution in [0.15, 0.2) is 0 Å². The second kappa shape index (κ2) is 8.12. The van der Waals surface area contributed by atoms with Crippen molar-refractivity contribution in [2.45, 2.75) is 58.4 Å². The molecule has 15 heavy (non-hydrogen) atoms. The molecule has 0 radical (unpaired) electrons. The van der Waals surface area contributed by atoms with Crippen LogP contribution in [0.2, 0.25) is 0 Å². The van der Waals surface area contributed by atoms with E-state index in [2.05, 4.69) is 24.1 Å². The maximum absolute atomic E-state index is 3.48. The van der Waals surface area contributed by atoms with Crippen molar-refractivity contribution in [1.29, 1.82) is 0 Å². The first-order chi connectivity index (χ1) is 7.33. The second-order valence-corrected chi connectivity index (χ2v) is 4.86. The molecule has 1 atom stereocenters. The van der Waals surface area contributed by atoms with Crippen molar-refractivity contribution in [2.75, 3.05) is 26.2 Å². The van der Waals surface area contributed by atoms with Gasteiger partial charge in [-0.2, -0.15) is 0 Å². The van der Waals surface area contributed by atoms with Crippen molar-refractivity contribution >= 4 is 0 Å². The van der Waals surface area contributed by atoms with Gasteiger partial charge in [-0.1, -0.05) is 19.8 Å². The molecule has 2 nitrogen and oxygen atoms in total. The molecule has 1 aliphatic heterocycles. The zero-order valence-electron chi connectivity index (χ0n) is 10.6. The van der Waals surface area contributed by atoms with Crippen molar-refractivity contribution in [1.82, 2.24) is 10.2 Å².